The summed E-state index contributed by atoms with van der Waals surface area (Å²) in [5.41, 5.74) is 5.27. The predicted molar refractivity (Wildman–Crippen MR) is 53.4 cm³/mol. The first-order valence-corrected chi connectivity index (χ1v) is 4.78. The molecule has 0 bridgehead atoms. The lowest BCUT2D eigenvalue weighted by Gasteiger charge is -2.04. The second-order valence-electron chi connectivity index (χ2n) is 2.91. The van der Waals surface area contributed by atoms with Gasteiger partial charge in [0.2, 0.25) is 5.91 Å². The quantitative estimate of drug-likeness (QED) is 0.396. The summed E-state index contributed by atoms with van der Waals surface area (Å²) in [5.74, 6) is -1.06. The third-order valence-electron chi connectivity index (χ3n) is 1.69. The number of rotatable bonds is 6. The van der Waals surface area contributed by atoms with E-state index in [4.69, 9.17) is 10.5 Å². The van der Waals surface area contributed by atoms with Crippen molar-refractivity contribution < 1.29 is 14.3 Å². The molecule has 4 heteroatoms. The Hall–Kier alpha value is -1.32. The summed E-state index contributed by atoms with van der Waals surface area (Å²) in [6.07, 6.45) is 3.37. The average Bonchev–Trinajstić information content (AvgIpc) is 2.14. The first kappa shape index (κ1) is 12.7. The highest BCUT2D eigenvalue weighted by Crippen LogP contribution is 2.03. The highest BCUT2D eigenvalue weighted by molar-refractivity contribution is 5.97. The number of primary amides is 1. The van der Waals surface area contributed by atoms with Crippen molar-refractivity contribution in [3.8, 4) is 0 Å². The number of carbonyl (C=O) groups excluding carboxylic acids is 2. The van der Waals surface area contributed by atoms with Gasteiger partial charge in [0.05, 0.1) is 6.61 Å². The van der Waals surface area contributed by atoms with Gasteiger partial charge in [0, 0.05) is 11.6 Å². The summed E-state index contributed by atoms with van der Waals surface area (Å²) < 4.78 is 4.92. The molecule has 0 aromatic heterocycles. The van der Waals surface area contributed by atoms with E-state index in [0.717, 1.165) is 18.9 Å². The van der Waals surface area contributed by atoms with E-state index in [0.29, 0.717) is 18.6 Å². The van der Waals surface area contributed by atoms with Crippen LogP contribution in [0.4, 0.5) is 0 Å². The first-order chi connectivity index (χ1) is 6.61. The molecule has 0 aliphatic carbocycles. The highest BCUT2D eigenvalue weighted by Gasteiger charge is 2.09. The topological polar surface area (TPSA) is 69.4 Å². The molecule has 0 fully saturated rings. The van der Waals surface area contributed by atoms with Gasteiger partial charge in [0.15, 0.2) is 0 Å². The lowest BCUT2D eigenvalue weighted by molar-refractivity contribution is -0.139. The fourth-order valence-electron chi connectivity index (χ4n) is 0.879. The van der Waals surface area contributed by atoms with Gasteiger partial charge in [-0.2, -0.15) is 0 Å². The van der Waals surface area contributed by atoms with Crippen LogP contribution < -0.4 is 5.73 Å². The number of nitrogens with two attached hydrogens (primary N) is 1. The Bertz CT molecular complexity index is 234. The summed E-state index contributed by atoms with van der Waals surface area (Å²) in [6.45, 7) is 4.18. The molecule has 0 rings (SSSR count). The van der Waals surface area contributed by atoms with Crippen molar-refractivity contribution in [2.75, 3.05) is 6.61 Å². The Morgan fingerprint density at radius 2 is 2.00 bits per heavy atom. The predicted octanol–water partition coefficient (Wildman–Crippen LogP) is 1.15. The van der Waals surface area contributed by atoms with Gasteiger partial charge in [-0.3, -0.25) is 4.79 Å². The van der Waals surface area contributed by atoms with Crippen LogP contribution in [0.2, 0.25) is 0 Å². The van der Waals surface area contributed by atoms with E-state index in [1.165, 1.54) is 0 Å². The van der Waals surface area contributed by atoms with Crippen molar-refractivity contribution in [3.63, 3.8) is 0 Å². The maximum atomic E-state index is 11.3. The van der Waals surface area contributed by atoms with Crippen LogP contribution in [0.5, 0.6) is 0 Å². The zero-order valence-electron chi connectivity index (χ0n) is 8.71. The molecule has 0 unspecified atom stereocenters. The summed E-state index contributed by atoms with van der Waals surface area (Å²) in [4.78, 5) is 21.8. The summed E-state index contributed by atoms with van der Waals surface area (Å²) in [7, 11) is 0. The smallest absolute Gasteiger partial charge is 0.334 e. The maximum absolute atomic E-state index is 11.3. The van der Waals surface area contributed by atoms with Crippen LogP contribution in [0.25, 0.3) is 0 Å². The Morgan fingerprint density at radius 1 is 1.36 bits per heavy atom. The molecule has 4 nitrogen and oxygen atoms in total. The molecule has 2 N–H and O–H groups in total. The molecule has 1 amide bonds. The number of amides is 1. The standard InChI is InChI=1S/C10H17NO3/c1-3-5-6-14-10(13)8(4-2)7-9(11)12/h7H,3-6H2,1-2H3,(H2,11,12). The normalized spacial score (nSPS) is 11.1. The molecule has 0 aromatic rings. The Morgan fingerprint density at radius 3 is 2.43 bits per heavy atom. The molecular weight excluding hydrogens is 182 g/mol. The molecule has 0 saturated heterocycles. The molecule has 0 atom stereocenters. The van der Waals surface area contributed by atoms with Crippen molar-refractivity contribution >= 4 is 11.9 Å². The van der Waals surface area contributed by atoms with Gasteiger partial charge in [-0.05, 0) is 12.8 Å². The van der Waals surface area contributed by atoms with Crippen LogP contribution in [-0.2, 0) is 14.3 Å². The van der Waals surface area contributed by atoms with Crippen LogP contribution in [0, 0.1) is 0 Å². The number of ether oxygens (including phenoxy) is 1. The average molecular weight is 199 g/mol. The van der Waals surface area contributed by atoms with E-state index in [1.807, 2.05) is 6.92 Å². The lowest BCUT2D eigenvalue weighted by Crippen LogP contribution is -2.13. The van der Waals surface area contributed by atoms with Crippen molar-refractivity contribution in [3.05, 3.63) is 11.6 Å². The molecule has 0 spiro atoms. The number of hydrogen-bond donors (Lipinski definition) is 1. The minimum atomic E-state index is -0.616. The van der Waals surface area contributed by atoms with E-state index in [1.54, 1.807) is 6.92 Å². The van der Waals surface area contributed by atoms with Crippen molar-refractivity contribution in [2.24, 2.45) is 5.73 Å². The lowest BCUT2D eigenvalue weighted by atomic mass is 10.2. The first-order valence-electron chi connectivity index (χ1n) is 4.78. The Balaban J connectivity index is 4.12. The number of carbonyl (C=O) groups is 2. The second kappa shape index (κ2) is 7.12. The third kappa shape index (κ3) is 5.35. The largest absolute Gasteiger partial charge is 0.462 e. The monoisotopic (exact) mass is 199 g/mol. The van der Waals surface area contributed by atoms with Gasteiger partial charge in [0.25, 0.3) is 0 Å². The van der Waals surface area contributed by atoms with Gasteiger partial charge in [0.1, 0.15) is 0 Å². The van der Waals surface area contributed by atoms with E-state index in [9.17, 15) is 9.59 Å². The molecule has 0 aliphatic rings. The number of hydrogen-bond acceptors (Lipinski definition) is 3. The molecule has 0 aromatic carbocycles. The maximum Gasteiger partial charge on any atom is 0.334 e. The van der Waals surface area contributed by atoms with Gasteiger partial charge in [-0.15, -0.1) is 0 Å². The van der Waals surface area contributed by atoms with Crippen LogP contribution in [0.1, 0.15) is 33.1 Å². The van der Waals surface area contributed by atoms with Gasteiger partial charge in [-0.1, -0.05) is 20.3 Å². The minimum Gasteiger partial charge on any atom is -0.462 e. The van der Waals surface area contributed by atoms with E-state index in [2.05, 4.69) is 0 Å². The Kier molecular flexibility index (Phi) is 6.45. The van der Waals surface area contributed by atoms with Crippen LogP contribution in [0.15, 0.2) is 11.6 Å². The molecule has 0 radical (unpaired) electrons. The van der Waals surface area contributed by atoms with E-state index in [-0.39, 0.29) is 0 Å². The minimum absolute atomic E-state index is 0.327. The molecule has 0 aliphatic heterocycles. The number of unbranched alkanes of at least 4 members (excludes halogenated alkanes) is 1. The molecule has 14 heavy (non-hydrogen) atoms. The second-order valence-corrected chi connectivity index (χ2v) is 2.91. The third-order valence-corrected chi connectivity index (χ3v) is 1.69. The van der Waals surface area contributed by atoms with Crippen molar-refractivity contribution in [1.82, 2.24) is 0 Å². The summed E-state index contributed by atoms with van der Waals surface area (Å²) in [6, 6.07) is 0. The SMILES string of the molecule is CCCCOC(=O)C(=CC(N)=O)CC. The van der Waals surface area contributed by atoms with Gasteiger partial charge >= 0.3 is 5.97 Å². The fraction of sp³-hybridized carbons (Fsp3) is 0.600. The van der Waals surface area contributed by atoms with E-state index < -0.39 is 11.9 Å². The fourth-order valence-corrected chi connectivity index (χ4v) is 0.879. The zero-order valence-corrected chi connectivity index (χ0v) is 8.71. The van der Waals surface area contributed by atoms with Crippen molar-refractivity contribution in [1.29, 1.82) is 0 Å². The van der Waals surface area contributed by atoms with Crippen LogP contribution in [0.3, 0.4) is 0 Å². The molecule has 0 heterocycles. The molecular formula is C10H17NO3. The van der Waals surface area contributed by atoms with Gasteiger partial charge in [-0.25, -0.2) is 4.79 Å². The van der Waals surface area contributed by atoms with Crippen molar-refractivity contribution in [2.45, 2.75) is 33.1 Å². The molecule has 0 saturated carbocycles. The van der Waals surface area contributed by atoms with Crippen LogP contribution >= 0.6 is 0 Å². The van der Waals surface area contributed by atoms with Gasteiger partial charge < -0.3 is 10.5 Å². The number of esters is 1. The van der Waals surface area contributed by atoms with E-state index >= 15 is 0 Å². The summed E-state index contributed by atoms with van der Waals surface area (Å²) in [5, 5.41) is 0. The summed E-state index contributed by atoms with van der Waals surface area (Å²) >= 11 is 0. The highest BCUT2D eigenvalue weighted by atomic mass is 16.5. The Labute approximate surface area is 84.1 Å². The van der Waals surface area contributed by atoms with Crippen LogP contribution in [-0.4, -0.2) is 18.5 Å². The molecule has 80 valence electrons. The zero-order chi connectivity index (χ0) is 11.0.